The molecule has 0 aromatic heterocycles. The van der Waals surface area contributed by atoms with Gasteiger partial charge in [-0.1, -0.05) is 33.1 Å². The van der Waals surface area contributed by atoms with Gasteiger partial charge in [0.15, 0.2) is 0 Å². The van der Waals surface area contributed by atoms with E-state index >= 15 is 0 Å². The zero-order valence-electron chi connectivity index (χ0n) is 9.60. The van der Waals surface area contributed by atoms with Crippen LogP contribution in [0.15, 0.2) is 0 Å². The molecule has 2 aliphatic rings. The molecule has 0 aromatic rings. The minimum atomic E-state index is 0.476. The van der Waals surface area contributed by atoms with Crippen LogP contribution in [-0.2, 0) is 0 Å². The highest BCUT2D eigenvalue weighted by Crippen LogP contribution is 2.31. The maximum absolute atomic E-state index is 3.80. The molecule has 0 radical (unpaired) electrons. The quantitative estimate of drug-likeness (QED) is 0.705. The van der Waals surface area contributed by atoms with Crippen molar-refractivity contribution in [3.63, 3.8) is 0 Å². The molecule has 2 N–H and O–H groups in total. The summed E-state index contributed by atoms with van der Waals surface area (Å²) in [6.45, 7) is 7.01. The number of nitrogens with one attached hydrogen (secondary N) is 2. The normalized spacial score (nSPS) is 33.4. The van der Waals surface area contributed by atoms with Crippen LogP contribution in [0, 0.1) is 5.92 Å². The van der Waals surface area contributed by atoms with E-state index in [-0.39, 0.29) is 0 Å². The summed E-state index contributed by atoms with van der Waals surface area (Å²) in [5, 5.41) is 7.54. The van der Waals surface area contributed by atoms with Crippen molar-refractivity contribution in [3.05, 3.63) is 0 Å². The van der Waals surface area contributed by atoms with E-state index in [0.717, 1.165) is 5.92 Å². The van der Waals surface area contributed by atoms with Crippen molar-refractivity contribution in [2.45, 2.75) is 57.5 Å². The third-order valence-corrected chi connectivity index (χ3v) is 4.29. The van der Waals surface area contributed by atoms with Gasteiger partial charge in [0.25, 0.3) is 0 Å². The summed E-state index contributed by atoms with van der Waals surface area (Å²) in [5.41, 5.74) is 0.476. The predicted molar refractivity (Wildman–Crippen MR) is 60.4 cm³/mol. The van der Waals surface area contributed by atoms with E-state index in [0.29, 0.717) is 11.6 Å². The molecular formula is C12H24N2. The lowest BCUT2D eigenvalue weighted by Gasteiger charge is -2.41. The highest BCUT2D eigenvalue weighted by Gasteiger charge is 2.37. The molecule has 2 unspecified atom stereocenters. The van der Waals surface area contributed by atoms with E-state index in [1.807, 2.05) is 0 Å². The minimum Gasteiger partial charge on any atom is -0.311 e. The van der Waals surface area contributed by atoms with Crippen LogP contribution in [0.1, 0.15) is 46.0 Å². The number of rotatable bonds is 2. The molecule has 0 bridgehead atoms. The number of piperazine rings is 1. The highest BCUT2D eigenvalue weighted by atomic mass is 15.1. The zero-order chi connectivity index (χ0) is 10.0. The third-order valence-electron chi connectivity index (χ3n) is 4.29. The van der Waals surface area contributed by atoms with Gasteiger partial charge in [-0.2, -0.15) is 0 Å². The molecule has 2 rings (SSSR count). The van der Waals surface area contributed by atoms with Gasteiger partial charge in [-0.3, -0.25) is 0 Å². The number of hydrogen-bond donors (Lipinski definition) is 2. The molecule has 0 amide bonds. The Hall–Kier alpha value is -0.0800. The lowest BCUT2D eigenvalue weighted by atomic mass is 9.90. The molecule has 1 saturated carbocycles. The topological polar surface area (TPSA) is 24.1 Å². The fourth-order valence-electron chi connectivity index (χ4n) is 2.88. The fourth-order valence-corrected chi connectivity index (χ4v) is 2.88. The van der Waals surface area contributed by atoms with Gasteiger partial charge in [0, 0.05) is 24.7 Å². The van der Waals surface area contributed by atoms with Crippen LogP contribution in [0.2, 0.25) is 0 Å². The van der Waals surface area contributed by atoms with Crippen LogP contribution < -0.4 is 10.6 Å². The second-order valence-electron chi connectivity index (χ2n) is 5.24. The molecule has 2 heteroatoms. The van der Waals surface area contributed by atoms with Crippen molar-refractivity contribution >= 4 is 0 Å². The van der Waals surface area contributed by atoms with Gasteiger partial charge in [0.2, 0.25) is 0 Å². The SMILES string of the molecule is CCC(C)C1CNC2(CCCC2)CN1. The molecule has 2 atom stereocenters. The van der Waals surface area contributed by atoms with Gasteiger partial charge in [-0.05, 0) is 18.8 Å². The Morgan fingerprint density at radius 2 is 2.07 bits per heavy atom. The van der Waals surface area contributed by atoms with Crippen molar-refractivity contribution < 1.29 is 0 Å². The van der Waals surface area contributed by atoms with Crippen LogP contribution in [0.4, 0.5) is 0 Å². The van der Waals surface area contributed by atoms with Crippen molar-refractivity contribution in [3.8, 4) is 0 Å². The van der Waals surface area contributed by atoms with Crippen LogP contribution in [0.25, 0.3) is 0 Å². The molecule has 2 fully saturated rings. The van der Waals surface area contributed by atoms with E-state index in [1.165, 1.54) is 45.2 Å². The Morgan fingerprint density at radius 1 is 1.36 bits per heavy atom. The van der Waals surface area contributed by atoms with Crippen LogP contribution >= 0.6 is 0 Å². The summed E-state index contributed by atoms with van der Waals surface area (Å²) in [5.74, 6) is 0.807. The van der Waals surface area contributed by atoms with Crippen LogP contribution in [-0.4, -0.2) is 24.7 Å². The summed E-state index contributed by atoms with van der Waals surface area (Å²) < 4.78 is 0. The molecule has 1 aliphatic heterocycles. The Labute approximate surface area is 87.8 Å². The highest BCUT2D eigenvalue weighted by molar-refractivity contribution is 5.00. The van der Waals surface area contributed by atoms with Crippen molar-refractivity contribution in [2.24, 2.45) is 5.92 Å². The summed E-state index contributed by atoms with van der Waals surface area (Å²) >= 11 is 0. The Kier molecular flexibility index (Phi) is 3.13. The molecule has 1 spiro atoms. The summed E-state index contributed by atoms with van der Waals surface area (Å²) in [7, 11) is 0. The molecule has 1 saturated heterocycles. The third kappa shape index (κ3) is 1.96. The van der Waals surface area contributed by atoms with E-state index in [1.54, 1.807) is 0 Å². The smallest absolute Gasteiger partial charge is 0.0307 e. The van der Waals surface area contributed by atoms with Gasteiger partial charge in [-0.15, -0.1) is 0 Å². The summed E-state index contributed by atoms with van der Waals surface area (Å²) in [4.78, 5) is 0. The standard InChI is InChI=1S/C12H24N2/c1-3-10(2)11-8-14-12(9-13-11)6-4-5-7-12/h10-11,13-14H,3-9H2,1-2H3. The maximum atomic E-state index is 3.80. The molecule has 2 nitrogen and oxygen atoms in total. The van der Waals surface area contributed by atoms with E-state index in [9.17, 15) is 0 Å². The first-order chi connectivity index (χ1) is 6.76. The summed E-state index contributed by atoms with van der Waals surface area (Å²) in [6, 6.07) is 0.700. The van der Waals surface area contributed by atoms with Crippen molar-refractivity contribution in [1.82, 2.24) is 10.6 Å². The molecular weight excluding hydrogens is 172 g/mol. The second kappa shape index (κ2) is 4.19. The summed E-state index contributed by atoms with van der Waals surface area (Å²) in [6.07, 6.45) is 6.89. The molecule has 82 valence electrons. The fraction of sp³-hybridized carbons (Fsp3) is 1.00. The second-order valence-corrected chi connectivity index (χ2v) is 5.24. The largest absolute Gasteiger partial charge is 0.311 e. The van der Waals surface area contributed by atoms with Gasteiger partial charge in [0.1, 0.15) is 0 Å². The van der Waals surface area contributed by atoms with Crippen LogP contribution in [0.3, 0.4) is 0 Å². The van der Waals surface area contributed by atoms with Crippen LogP contribution in [0.5, 0.6) is 0 Å². The molecule has 1 heterocycles. The Balaban J connectivity index is 1.85. The minimum absolute atomic E-state index is 0.476. The lowest BCUT2D eigenvalue weighted by Crippen LogP contribution is -2.63. The Bertz CT molecular complexity index is 175. The van der Waals surface area contributed by atoms with Crippen molar-refractivity contribution in [2.75, 3.05) is 13.1 Å². The predicted octanol–water partition coefficient (Wildman–Crippen LogP) is 1.91. The first kappa shape index (κ1) is 10.4. The Morgan fingerprint density at radius 3 is 2.57 bits per heavy atom. The van der Waals surface area contributed by atoms with Gasteiger partial charge < -0.3 is 10.6 Å². The first-order valence-corrected chi connectivity index (χ1v) is 6.24. The first-order valence-electron chi connectivity index (χ1n) is 6.24. The van der Waals surface area contributed by atoms with E-state index in [4.69, 9.17) is 0 Å². The zero-order valence-corrected chi connectivity index (χ0v) is 9.60. The average molecular weight is 196 g/mol. The molecule has 1 aliphatic carbocycles. The molecule has 14 heavy (non-hydrogen) atoms. The lowest BCUT2D eigenvalue weighted by molar-refractivity contribution is 0.204. The maximum Gasteiger partial charge on any atom is 0.0307 e. The van der Waals surface area contributed by atoms with Gasteiger partial charge in [-0.25, -0.2) is 0 Å². The van der Waals surface area contributed by atoms with E-state index < -0.39 is 0 Å². The van der Waals surface area contributed by atoms with Gasteiger partial charge >= 0.3 is 0 Å². The van der Waals surface area contributed by atoms with Gasteiger partial charge in [0.05, 0.1) is 0 Å². The average Bonchev–Trinajstić information content (AvgIpc) is 2.67. The number of hydrogen-bond acceptors (Lipinski definition) is 2. The monoisotopic (exact) mass is 196 g/mol. The van der Waals surface area contributed by atoms with Crippen molar-refractivity contribution in [1.29, 1.82) is 0 Å². The molecule has 0 aromatic carbocycles. The van der Waals surface area contributed by atoms with E-state index in [2.05, 4.69) is 24.5 Å².